The van der Waals surface area contributed by atoms with Gasteiger partial charge in [0.2, 0.25) is 0 Å². The second-order valence-electron chi connectivity index (χ2n) is 9.81. The van der Waals surface area contributed by atoms with E-state index in [1.54, 1.807) is 6.08 Å². The predicted molar refractivity (Wildman–Crippen MR) is 142 cm³/mol. The van der Waals surface area contributed by atoms with Gasteiger partial charge >= 0.3 is 6.01 Å². The Bertz CT molecular complexity index is 1250. The van der Waals surface area contributed by atoms with Crippen LogP contribution in [-0.4, -0.2) is 79.1 Å². The molecule has 0 unspecified atom stereocenters. The van der Waals surface area contributed by atoms with Gasteiger partial charge in [-0.15, -0.1) is 0 Å². The summed E-state index contributed by atoms with van der Waals surface area (Å²) in [6, 6.07) is 0.0508. The second-order valence-corrected chi connectivity index (χ2v) is 10.6. The summed E-state index contributed by atoms with van der Waals surface area (Å²) in [7, 11) is 1.34. The van der Waals surface area contributed by atoms with Gasteiger partial charge in [0.1, 0.15) is 17.9 Å². The monoisotopic (exact) mass is 579 g/mol. The molecule has 2 fully saturated rings. The van der Waals surface area contributed by atoms with Crippen LogP contribution in [0.4, 0.5) is 14.6 Å². The molecule has 0 amide bonds. The van der Waals surface area contributed by atoms with Gasteiger partial charge in [0.25, 0.3) is 0 Å². The Labute approximate surface area is 223 Å². The summed E-state index contributed by atoms with van der Waals surface area (Å²) in [6.07, 6.45) is 6.80. The Kier molecular flexibility index (Phi) is 7.51. The third kappa shape index (κ3) is 4.86. The number of halogens is 3. The standard InChI is InChI=1S/C25H32BrF2N7O2/c1-36-22-17-21(19(27)18(26)20(22)28)32-24(37-14-25-5-2-9-35(25)10-3-6-25)33-23(17)34-8-4-7-31-16(13-34)11-15(30)12-29/h11H,2-10,12-14,29-30H2,1H3/b15-11-. The number of aromatic nitrogens is 2. The summed E-state index contributed by atoms with van der Waals surface area (Å²) in [5.74, 6) is -1.50. The fraction of sp³-hybridized carbons (Fsp3) is 0.560. The van der Waals surface area contributed by atoms with Gasteiger partial charge in [0.15, 0.2) is 17.4 Å². The van der Waals surface area contributed by atoms with Crippen molar-refractivity contribution in [2.24, 2.45) is 16.5 Å². The van der Waals surface area contributed by atoms with Crippen LogP contribution in [0.1, 0.15) is 32.1 Å². The van der Waals surface area contributed by atoms with Crippen LogP contribution >= 0.6 is 15.9 Å². The molecule has 4 heterocycles. The Morgan fingerprint density at radius 2 is 1.89 bits per heavy atom. The topological polar surface area (TPSA) is 115 Å². The highest BCUT2D eigenvalue weighted by Crippen LogP contribution is 2.42. The largest absolute Gasteiger partial charge is 0.493 e. The highest BCUT2D eigenvalue weighted by molar-refractivity contribution is 9.10. The van der Waals surface area contributed by atoms with Crippen LogP contribution in [0.25, 0.3) is 10.9 Å². The van der Waals surface area contributed by atoms with E-state index < -0.39 is 11.6 Å². The lowest BCUT2D eigenvalue weighted by Crippen LogP contribution is -2.43. The molecule has 0 radical (unpaired) electrons. The first-order valence-corrected chi connectivity index (χ1v) is 13.4. The third-order valence-corrected chi connectivity index (χ3v) is 8.21. The van der Waals surface area contributed by atoms with Crippen LogP contribution in [0.2, 0.25) is 0 Å². The van der Waals surface area contributed by atoms with Crippen molar-refractivity contribution < 1.29 is 18.3 Å². The van der Waals surface area contributed by atoms with Gasteiger partial charge in [0.05, 0.1) is 34.8 Å². The van der Waals surface area contributed by atoms with Gasteiger partial charge in [0, 0.05) is 25.3 Å². The van der Waals surface area contributed by atoms with E-state index in [2.05, 4.69) is 30.8 Å². The summed E-state index contributed by atoms with van der Waals surface area (Å²) in [5, 5.41) is 0.145. The fourth-order valence-corrected chi connectivity index (χ4v) is 6.07. The molecule has 0 aliphatic carbocycles. The average molecular weight is 580 g/mol. The molecule has 0 atom stereocenters. The number of anilines is 1. The van der Waals surface area contributed by atoms with E-state index in [0.717, 1.165) is 38.8 Å². The van der Waals surface area contributed by atoms with Crippen LogP contribution in [0.3, 0.4) is 0 Å². The van der Waals surface area contributed by atoms with Crippen LogP contribution < -0.4 is 25.8 Å². The highest BCUT2D eigenvalue weighted by Gasteiger charge is 2.45. The number of aliphatic imine (C=N–C) groups is 1. The van der Waals surface area contributed by atoms with Crippen LogP contribution in [0.15, 0.2) is 21.2 Å². The molecule has 4 N–H and O–H groups in total. The summed E-state index contributed by atoms with van der Waals surface area (Å²) in [6.45, 7) is 4.19. The number of nitrogens with zero attached hydrogens (tertiary/aromatic N) is 5. The Morgan fingerprint density at radius 1 is 1.14 bits per heavy atom. The first kappa shape index (κ1) is 26.1. The zero-order valence-corrected chi connectivity index (χ0v) is 22.5. The van der Waals surface area contributed by atoms with E-state index in [1.807, 2.05) is 4.90 Å². The molecule has 3 aliphatic heterocycles. The number of rotatable bonds is 7. The van der Waals surface area contributed by atoms with E-state index in [-0.39, 0.29) is 39.2 Å². The maximum absolute atomic E-state index is 15.5. The van der Waals surface area contributed by atoms with E-state index >= 15 is 8.78 Å². The summed E-state index contributed by atoms with van der Waals surface area (Å²) < 4.78 is 41.8. The van der Waals surface area contributed by atoms with Gasteiger partial charge in [-0.25, -0.2) is 8.78 Å². The normalized spacial score (nSPS) is 20.2. The number of nitrogens with two attached hydrogens (primary N) is 2. The van der Waals surface area contributed by atoms with Crippen molar-refractivity contribution in [2.45, 2.75) is 37.6 Å². The van der Waals surface area contributed by atoms with Gasteiger partial charge in [-0.2, -0.15) is 9.97 Å². The SMILES string of the molecule is COc1c(F)c(Br)c(F)c2nc(OCC34CCCN3CCC4)nc(N3CCCN=C(/C=C(\N)CN)C3)c12. The van der Waals surface area contributed by atoms with Crippen LogP contribution in [-0.2, 0) is 0 Å². The minimum atomic E-state index is -0.853. The van der Waals surface area contributed by atoms with Gasteiger partial charge < -0.3 is 25.8 Å². The molecule has 1 aromatic heterocycles. The van der Waals surface area contributed by atoms with Crippen molar-refractivity contribution in [1.29, 1.82) is 0 Å². The minimum Gasteiger partial charge on any atom is -0.493 e. The van der Waals surface area contributed by atoms with Gasteiger partial charge in [-0.1, -0.05) is 0 Å². The molecule has 2 saturated heterocycles. The maximum Gasteiger partial charge on any atom is 0.319 e. The molecular weight excluding hydrogens is 548 g/mol. The molecule has 0 bridgehead atoms. The van der Waals surface area contributed by atoms with Crippen molar-refractivity contribution in [1.82, 2.24) is 14.9 Å². The molecule has 9 nitrogen and oxygen atoms in total. The minimum absolute atomic E-state index is 0.0366. The van der Waals surface area contributed by atoms with Crippen molar-refractivity contribution in [3.8, 4) is 11.8 Å². The van der Waals surface area contributed by atoms with E-state index in [9.17, 15) is 0 Å². The fourth-order valence-electron chi connectivity index (χ4n) is 5.71. The number of hydrogen-bond acceptors (Lipinski definition) is 9. The highest BCUT2D eigenvalue weighted by atomic mass is 79.9. The van der Waals surface area contributed by atoms with Crippen molar-refractivity contribution in [2.75, 3.05) is 57.9 Å². The molecule has 5 rings (SSSR count). The predicted octanol–water partition coefficient (Wildman–Crippen LogP) is 3.14. The molecule has 37 heavy (non-hydrogen) atoms. The molecule has 3 aliphatic rings. The van der Waals surface area contributed by atoms with E-state index in [4.69, 9.17) is 25.9 Å². The van der Waals surface area contributed by atoms with Crippen molar-refractivity contribution in [3.63, 3.8) is 0 Å². The zero-order valence-electron chi connectivity index (χ0n) is 20.9. The third-order valence-electron chi connectivity index (χ3n) is 7.52. The Balaban J connectivity index is 1.60. The molecule has 12 heteroatoms. The summed E-state index contributed by atoms with van der Waals surface area (Å²) in [4.78, 5) is 18.1. The number of benzene rings is 1. The second kappa shape index (κ2) is 10.7. The maximum atomic E-state index is 15.5. The first-order chi connectivity index (χ1) is 17.9. The Morgan fingerprint density at radius 3 is 2.59 bits per heavy atom. The van der Waals surface area contributed by atoms with E-state index in [1.165, 1.54) is 7.11 Å². The lowest BCUT2D eigenvalue weighted by molar-refractivity contribution is 0.108. The number of fused-ring (bicyclic) bond motifs is 2. The first-order valence-electron chi connectivity index (χ1n) is 12.6. The lowest BCUT2D eigenvalue weighted by atomic mass is 9.95. The molecule has 0 saturated carbocycles. The molecule has 1 aromatic carbocycles. The quantitative estimate of drug-likeness (QED) is 0.481. The number of ether oxygens (including phenoxy) is 2. The Hall–Kier alpha value is -2.57. The molecule has 2 aromatic rings. The number of methoxy groups -OCH3 is 1. The average Bonchev–Trinajstić information content (AvgIpc) is 3.40. The zero-order chi connectivity index (χ0) is 26.2. The van der Waals surface area contributed by atoms with Crippen molar-refractivity contribution in [3.05, 3.63) is 27.9 Å². The molecule has 200 valence electrons. The summed E-state index contributed by atoms with van der Waals surface area (Å²) >= 11 is 3.02. The molecular formula is C25H32BrF2N7O2. The lowest BCUT2D eigenvalue weighted by Gasteiger charge is -2.31. The van der Waals surface area contributed by atoms with Crippen LogP contribution in [0, 0.1) is 11.6 Å². The van der Waals surface area contributed by atoms with Gasteiger partial charge in [-0.3, -0.25) is 9.89 Å². The van der Waals surface area contributed by atoms with E-state index in [0.29, 0.717) is 49.9 Å². The van der Waals surface area contributed by atoms with Crippen molar-refractivity contribution >= 4 is 38.4 Å². The smallest absolute Gasteiger partial charge is 0.319 e. The van der Waals surface area contributed by atoms with Gasteiger partial charge in [-0.05, 0) is 67.2 Å². The number of hydrogen-bond donors (Lipinski definition) is 2. The summed E-state index contributed by atoms with van der Waals surface area (Å²) in [5.41, 5.74) is 12.7. The molecule has 0 spiro atoms. The van der Waals surface area contributed by atoms with Crippen LogP contribution in [0.5, 0.6) is 11.8 Å².